The summed E-state index contributed by atoms with van der Waals surface area (Å²) in [6.45, 7) is 0.475. The number of rotatable bonds is 7. The molecular formula is C16H19NO5+. The van der Waals surface area contributed by atoms with Crippen LogP contribution in [0.1, 0.15) is 31.2 Å². The van der Waals surface area contributed by atoms with E-state index in [1.54, 1.807) is 6.29 Å². The number of hydrogen-bond acceptors (Lipinski definition) is 4. The summed E-state index contributed by atoms with van der Waals surface area (Å²) in [6.07, 6.45) is 2.57. The minimum atomic E-state index is -1.05. The van der Waals surface area contributed by atoms with Crippen LogP contribution in [0, 0.1) is 0 Å². The van der Waals surface area contributed by atoms with Crippen molar-refractivity contribution in [3.05, 3.63) is 35.9 Å². The number of carboxylic acids is 1. The molecule has 0 spiro atoms. The first-order valence-electron chi connectivity index (χ1n) is 7.27. The lowest BCUT2D eigenvalue weighted by atomic mass is 10.2. The monoisotopic (exact) mass is 305 g/mol. The average molecular weight is 305 g/mol. The molecule has 1 radical (unpaired) electrons. The third-order valence-electron chi connectivity index (χ3n) is 3.92. The number of benzene rings is 1. The van der Waals surface area contributed by atoms with E-state index in [1.807, 2.05) is 30.3 Å². The molecular weight excluding hydrogens is 286 g/mol. The van der Waals surface area contributed by atoms with Crippen LogP contribution in [-0.2, 0) is 25.8 Å². The zero-order valence-electron chi connectivity index (χ0n) is 12.2. The molecule has 1 amide bonds. The van der Waals surface area contributed by atoms with E-state index in [9.17, 15) is 19.5 Å². The van der Waals surface area contributed by atoms with Crippen LogP contribution in [0.5, 0.6) is 0 Å². The average Bonchev–Trinajstić information content (AvgIpc) is 2.97. The zero-order chi connectivity index (χ0) is 16.0. The standard InChI is InChI=1S/C16H18NO5/c18-11-5-9-15(19)17(10-4-8-14(17)16(20)21)22-12-13-6-2-1-3-7-13/h1-3,6-7,14H,4-5,8-10,12H2/p+1/t14-,17?/m0/s1. The van der Waals surface area contributed by atoms with Crippen molar-refractivity contribution in [2.75, 3.05) is 6.54 Å². The lowest BCUT2D eigenvalue weighted by Crippen LogP contribution is -2.58. The number of nitrogens with zero attached hydrogens (tertiary/aromatic N) is 1. The van der Waals surface area contributed by atoms with Crippen molar-refractivity contribution >= 4 is 18.2 Å². The van der Waals surface area contributed by atoms with Gasteiger partial charge >= 0.3 is 11.9 Å². The van der Waals surface area contributed by atoms with Gasteiger partial charge in [0.2, 0.25) is 6.04 Å². The van der Waals surface area contributed by atoms with Crippen LogP contribution in [0.2, 0.25) is 0 Å². The van der Waals surface area contributed by atoms with Gasteiger partial charge in [0.15, 0.2) is 6.29 Å². The van der Waals surface area contributed by atoms with Crippen LogP contribution in [0.3, 0.4) is 0 Å². The molecule has 1 N–H and O–H groups in total. The fourth-order valence-electron chi connectivity index (χ4n) is 2.82. The minimum absolute atomic E-state index is 0.0418. The lowest BCUT2D eigenvalue weighted by molar-refractivity contribution is -1.05. The molecule has 6 nitrogen and oxygen atoms in total. The maximum atomic E-state index is 12.5. The highest BCUT2D eigenvalue weighted by atomic mass is 16.7. The normalized spacial score (nSPS) is 24.1. The Kier molecular flexibility index (Phi) is 5.41. The van der Waals surface area contributed by atoms with Crippen LogP contribution in [0.25, 0.3) is 0 Å². The Balaban J connectivity index is 2.19. The number of carbonyl (C=O) groups excluding carboxylic acids is 2. The summed E-state index contributed by atoms with van der Waals surface area (Å²) in [5.41, 5.74) is 0.866. The fourth-order valence-corrected chi connectivity index (χ4v) is 2.82. The maximum Gasteiger partial charge on any atom is 0.366 e. The summed E-state index contributed by atoms with van der Waals surface area (Å²) < 4.78 is -0.536. The molecule has 1 aliphatic heterocycles. The summed E-state index contributed by atoms with van der Waals surface area (Å²) in [7, 11) is 0. The van der Waals surface area contributed by atoms with Gasteiger partial charge in [0.25, 0.3) is 0 Å². The number of aliphatic carboxylic acids is 1. The highest BCUT2D eigenvalue weighted by Crippen LogP contribution is 2.31. The number of amides is 1. The Labute approximate surface area is 128 Å². The summed E-state index contributed by atoms with van der Waals surface area (Å²) in [5.74, 6) is -1.42. The van der Waals surface area contributed by atoms with Gasteiger partial charge in [-0.25, -0.2) is 9.59 Å². The molecule has 0 aromatic heterocycles. The molecule has 1 aromatic rings. The van der Waals surface area contributed by atoms with Crippen molar-refractivity contribution in [1.29, 1.82) is 0 Å². The minimum Gasteiger partial charge on any atom is -0.477 e. The first kappa shape index (κ1) is 16.3. The van der Waals surface area contributed by atoms with Gasteiger partial charge in [-0.3, -0.25) is 4.79 Å². The van der Waals surface area contributed by atoms with E-state index >= 15 is 0 Å². The largest absolute Gasteiger partial charge is 0.477 e. The molecule has 0 saturated carbocycles. The molecule has 1 fully saturated rings. The van der Waals surface area contributed by atoms with Crippen LogP contribution in [0.4, 0.5) is 0 Å². The molecule has 1 aromatic carbocycles. The predicted molar refractivity (Wildman–Crippen MR) is 77.0 cm³/mol. The van der Waals surface area contributed by atoms with Gasteiger partial charge in [-0.2, -0.15) is 4.84 Å². The van der Waals surface area contributed by atoms with E-state index in [-0.39, 0.29) is 25.4 Å². The number of carboxylic acid groups (broad SMARTS) is 1. The van der Waals surface area contributed by atoms with Crippen molar-refractivity contribution in [1.82, 2.24) is 0 Å². The second-order valence-corrected chi connectivity index (χ2v) is 5.31. The molecule has 1 heterocycles. The van der Waals surface area contributed by atoms with Gasteiger partial charge in [-0.05, 0) is 5.56 Å². The van der Waals surface area contributed by atoms with Crippen molar-refractivity contribution in [2.45, 2.75) is 38.3 Å². The zero-order valence-corrected chi connectivity index (χ0v) is 12.2. The van der Waals surface area contributed by atoms with Crippen molar-refractivity contribution < 1.29 is 29.0 Å². The molecule has 1 unspecified atom stereocenters. The van der Waals surface area contributed by atoms with Gasteiger partial charge in [0.05, 0.1) is 6.42 Å². The van der Waals surface area contributed by atoms with E-state index in [0.717, 1.165) is 5.56 Å². The first-order valence-corrected chi connectivity index (χ1v) is 7.27. The first-order chi connectivity index (χ1) is 10.6. The Bertz CT molecular complexity index is 545. The Morgan fingerprint density at radius 3 is 2.68 bits per heavy atom. The smallest absolute Gasteiger partial charge is 0.366 e. The summed E-state index contributed by atoms with van der Waals surface area (Å²) in [4.78, 5) is 40.1. The molecule has 0 bridgehead atoms. The third kappa shape index (κ3) is 3.40. The molecule has 1 saturated heterocycles. The van der Waals surface area contributed by atoms with Crippen LogP contribution >= 0.6 is 0 Å². The number of likely N-dealkylation sites (tertiary alicyclic amines) is 1. The Morgan fingerprint density at radius 2 is 2.05 bits per heavy atom. The molecule has 2 rings (SSSR count). The highest BCUT2D eigenvalue weighted by Gasteiger charge is 2.54. The topological polar surface area (TPSA) is 80.7 Å². The van der Waals surface area contributed by atoms with E-state index in [0.29, 0.717) is 19.4 Å². The second-order valence-electron chi connectivity index (χ2n) is 5.31. The Morgan fingerprint density at radius 1 is 1.32 bits per heavy atom. The highest BCUT2D eigenvalue weighted by molar-refractivity contribution is 5.78. The van der Waals surface area contributed by atoms with Crippen LogP contribution < -0.4 is 0 Å². The number of quaternary nitrogens is 1. The summed E-state index contributed by atoms with van der Waals surface area (Å²) in [6, 6.07) is 8.37. The van der Waals surface area contributed by atoms with Gasteiger partial charge < -0.3 is 5.11 Å². The molecule has 6 heteroatoms. The van der Waals surface area contributed by atoms with Gasteiger partial charge in [-0.15, -0.1) is 4.65 Å². The lowest BCUT2D eigenvalue weighted by Gasteiger charge is -2.32. The fraction of sp³-hybridized carbons (Fsp3) is 0.438. The molecule has 2 atom stereocenters. The van der Waals surface area contributed by atoms with E-state index in [2.05, 4.69) is 0 Å². The predicted octanol–water partition coefficient (Wildman–Crippen LogP) is 1.60. The maximum absolute atomic E-state index is 12.5. The quantitative estimate of drug-likeness (QED) is 0.774. The van der Waals surface area contributed by atoms with Gasteiger partial charge in [-0.1, -0.05) is 30.3 Å². The van der Waals surface area contributed by atoms with Gasteiger partial charge in [0, 0.05) is 19.3 Å². The number of hydrogen-bond donors (Lipinski definition) is 1. The molecule has 117 valence electrons. The van der Waals surface area contributed by atoms with Crippen molar-refractivity contribution in [3.8, 4) is 0 Å². The molecule has 1 aliphatic rings. The molecule has 22 heavy (non-hydrogen) atoms. The van der Waals surface area contributed by atoms with Crippen LogP contribution in [-0.4, -0.2) is 40.5 Å². The summed E-state index contributed by atoms with van der Waals surface area (Å²) in [5, 5.41) is 9.40. The summed E-state index contributed by atoms with van der Waals surface area (Å²) >= 11 is 0. The van der Waals surface area contributed by atoms with E-state index in [4.69, 9.17) is 4.84 Å². The second kappa shape index (κ2) is 7.29. The Hall–Kier alpha value is -2.05. The number of carbonyl (C=O) groups is 2. The van der Waals surface area contributed by atoms with E-state index in [1.165, 1.54) is 0 Å². The van der Waals surface area contributed by atoms with Crippen molar-refractivity contribution in [2.24, 2.45) is 0 Å². The van der Waals surface area contributed by atoms with Crippen LogP contribution in [0.15, 0.2) is 30.3 Å². The van der Waals surface area contributed by atoms with Gasteiger partial charge in [0.1, 0.15) is 13.2 Å². The number of hydroxylamine groups is 3. The van der Waals surface area contributed by atoms with Crippen molar-refractivity contribution in [3.63, 3.8) is 0 Å². The molecule has 0 aliphatic carbocycles. The van der Waals surface area contributed by atoms with E-state index < -0.39 is 16.7 Å². The SMILES string of the molecule is O=[C]CCC(=O)[N+]1(OCc2ccccc2)CCC[C@H]1C(=O)O. The third-order valence-corrected chi connectivity index (χ3v) is 3.92.